The highest BCUT2D eigenvalue weighted by Crippen LogP contribution is 2.49. The molecule has 6 rings (SSSR count). The molecule has 5 aromatic rings. The van der Waals surface area contributed by atoms with Crippen LogP contribution in [0.2, 0.25) is 0 Å². The Kier molecular flexibility index (Phi) is 8.41. The normalized spacial score (nSPS) is 13.6. The molecule has 238 valence electrons. The SMILES string of the molecule is COc1cc(-c2cc(=O)c3c(O)c(OC)c(O)c(OC)c3o2)ccc1O.O=C1C[C@@H](c2ccc(O)cc2)Oc2cc(O)cc(O)c21. The van der Waals surface area contributed by atoms with Gasteiger partial charge in [0.25, 0.3) is 0 Å². The Labute approximate surface area is 260 Å². The molecule has 0 unspecified atom stereocenters. The average Bonchev–Trinajstić information content (AvgIpc) is 3.01. The third-order valence-corrected chi connectivity index (χ3v) is 7.16. The number of Topliss-reactive ketones (excluding diaryl/α,β-unsaturated/α-hetero) is 1. The van der Waals surface area contributed by atoms with Gasteiger partial charge in [-0.2, -0.15) is 0 Å². The summed E-state index contributed by atoms with van der Waals surface area (Å²) in [4.78, 5) is 24.7. The number of phenolic OH excluding ortho intramolecular Hbond substituents is 6. The van der Waals surface area contributed by atoms with Crippen LogP contribution in [0.3, 0.4) is 0 Å². The van der Waals surface area contributed by atoms with Crippen molar-refractivity contribution < 1.29 is 58.8 Å². The Hall–Kier alpha value is -6.24. The summed E-state index contributed by atoms with van der Waals surface area (Å²) in [5.41, 5.74) is 0.568. The number of rotatable bonds is 5. The average molecular weight is 633 g/mol. The van der Waals surface area contributed by atoms with Gasteiger partial charge in [-0.25, -0.2) is 0 Å². The van der Waals surface area contributed by atoms with Crippen LogP contribution in [-0.2, 0) is 0 Å². The van der Waals surface area contributed by atoms with E-state index in [0.29, 0.717) is 5.56 Å². The number of methoxy groups -OCH3 is 3. The predicted octanol–water partition coefficient (Wildman–Crippen LogP) is 5.11. The van der Waals surface area contributed by atoms with E-state index in [1.165, 1.54) is 63.8 Å². The smallest absolute Gasteiger partial charge is 0.208 e. The Balaban J connectivity index is 0.000000187. The minimum atomic E-state index is -0.567. The molecule has 4 aromatic carbocycles. The fraction of sp³-hybridized carbons (Fsp3) is 0.152. The van der Waals surface area contributed by atoms with Crippen LogP contribution in [0.5, 0.6) is 57.5 Å². The van der Waals surface area contributed by atoms with E-state index in [-0.39, 0.29) is 80.5 Å². The lowest BCUT2D eigenvalue weighted by Gasteiger charge is -2.26. The topological polar surface area (TPSA) is 206 Å². The molecule has 1 aromatic heterocycles. The molecule has 0 saturated carbocycles. The third-order valence-electron chi connectivity index (χ3n) is 7.16. The summed E-state index contributed by atoms with van der Waals surface area (Å²) in [5.74, 6) is -1.65. The first-order valence-corrected chi connectivity index (χ1v) is 13.5. The predicted molar refractivity (Wildman–Crippen MR) is 163 cm³/mol. The summed E-state index contributed by atoms with van der Waals surface area (Å²) >= 11 is 0. The molecule has 0 spiro atoms. The van der Waals surface area contributed by atoms with Crippen molar-refractivity contribution in [2.75, 3.05) is 21.3 Å². The monoisotopic (exact) mass is 632 g/mol. The van der Waals surface area contributed by atoms with Crippen molar-refractivity contribution in [3.05, 3.63) is 82.0 Å². The third kappa shape index (κ3) is 5.68. The van der Waals surface area contributed by atoms with Gasteiger partial charge in [0.2, 0.25) is 17.2 Å². The van der Waals surface area contributed by atoms with E-state index in [1.807, 2.05) is 0 Å². The molecule has 0 radical (unpaired) electrons. The summed E-state index contributed by atoms with van der Waals surface area (Å²) in [6, 6.07) is 14.3. The van der Waals surface area contributed by atoms with Crippen LogP contribution < -0.4 is 24.4 Å². The molecular formula is C33H28O13. The Bertz CT molecular complexity index is 2010. The standard InChI is InChI=1S/C18H16O8.C15H12O5/c1-23-12-6-8(4-5-9(12)19)11-7-10(20)13-14(21)17(24-2)15(22)18(25-3)16(13)26-11;16-9-3-1-8(2-4-9)13-7-12(19)15-11(18)5-10(17)6-14(15)20-13/h4-7,19,21-22H,1-3H3;1-6,13,16-18H,7H2/t;13-/m.0/s1. The van der Waals surface area contributed by atoms with E-state index < -0.39 is 23.0 Å². The zero-order valence-electron chi connectivity index (χ0n) is 24.6. The summed E-state index contributed by atoms with van der Waals surface area (Å²) < 4.78 is 26.5. The van der Waals surface area contributed by atoms with Gasteiger partial charge in [-0.3, -0.25) is 9.59 Å². The second kappa shape index (κ2) is 12.4. The molecule has 2 heterocycles. The van der Waals surface area contributed by atoms with E-state index in [1.54, 1.807) is 12.1 Å². The van der Waals surface area contributed by atoms with Gasteiger partial charge in [-0.15, -0.1) is 0 Å². The second-order valence-corrected chi connectivity index (χ2v) is 9.99. The van der Waals surface area contributed by atoms with Crippen LogP contribution in [0.25, 0.3) is 22.3 Å². The maximum absolute atomic E-state index is 12.6. The Morgan fingerprint density at radius 1 is 0.717 bits per heavy atom. The maximum Gasteiger partial charge on any atom is 0.208 e. The van der Waals surface area contributed by atoms with E-state index in [0.717, 1.165) is 11.6 Å². The summed E-state index contributed by atoms with van der Waals surface area (Å²) in [6.45, 7) is 0. The molecule has 1 aliphatic heterocycles. The first-order valence-electron chi connectivity index (χ1n) is 13.5. The number of carbonyl (C=O) groups excluding carboxylic acids is 1. The Morgan fingerprint density at radius 2 is 1.41 bits per heavy atom. The van der Waals surface area contributed by atoms with Crippen LogP contribution >= 0.6 is 0 Å². The van der Waals surface area contributed by atoms with Crippen molar-refractivity contribution >= 4 is 16.8 Å². The number of phenols is 6. The second-order valence-electron chi connectivity index (χ2n) is 9.99. The number of carbonyl (C=O) groups is 1. The van der Waals surface area contributed by atoms with Gasteiger partial charge in [0.15, 0.2) is 34.0 Å². The molecule has 0 amide bonds. The van der Waals surface area contributed by atoms with Crippen molar-refractivity contribution in [1.82, 2.24) is 0 Å². The zero-order valence-corrected chi connectivity index (χ0v) is 24.6. The van der Waals surface area contributed by atoms with Crippen molar-refractivity contribution in [1.29, 1.82) is 0 Å². The van der Waals surface area contributed by atoms with Crippen molar-refractivity contribution in [2.45, 2.75) is 12.5 Å². The first-order chi connectivity index (χ1) is 22.0. The van der Waals surface area contributed by atoms with E-state index in [9.17, 15) is 40.2 Å². The lowest BCUT2D eigenvalue weighted by Crippen LogP contribution is -2.20. The molecule has 1 aliphatic rings. The van der Waals surface area contributed by atoms with Gasteiger partial charge in [-0.05, 0) is 35.9 Å². The lowest BCUT2D eigenvalue weighted by molar-refractivity contribution is 0.0845. The van der Waals surface area contributed by atoms with E-state index in [4.69, 9.17) is 23.4 Å². The minimum absolute atomic E-state index is 0.0722. The van der Waals surface area contributed by atoms with Crippen LogP contribution in [0.1, 0.15) is 28.4 Å². The van der Waals surface area contributed by atoms with Crippen LogP contribution in [0.4, 0.5) is 0 Å². The Morgan fingerprint density at radius 3 is 2.07 bits per heavy atom. The molecule has 1 atom stereocenters. The van der Waals surface area contributed by atoms with Gasteiger partial charge in [0.05, 0.1) is 27.8 Å². The molecule has 46 heavy (non-hydrogen) atoms. The minimum Gasteiger partial charge on any atom is -0.508 e. The molecule has 0 saturated heterocycles. The van der Waals surface area contributed by atoms with Gasteiger partial charge in [0, 0.05) is 23.8 Å². The van der Waals surface area contributed by atoms with Gasteiger partial charge < -0.3 is 54.0 Å². The van der Waals surface area contributed by atoms with E-state index >= 15 is 0 Å². The quantitative estimate of drug-likeness (QED) is 0.149. The number of fused-ring (bicyclic) bond motifs is 2. The number of hydrogen-bond acceptors (Lipinski definition) is 13. The molecule has 0 fully saturated rings. The number of ether oxygens (including phenoxy) is 4. The fourth-order valence-corrected chi connectivity index (χ4v) is 4.97. The van der Waals surface area contributed by atoms with Crippen molar-refractivity contribution in [3.63, 3.8) is 0 Å². The summed E-state index contributed by atoms with van der Waals surface area (Å²) in [7, 11) is 3.90. The zero-order chi connectivity index (χ0) is 33.3. The highest BCUT2D eigenvalue weighted by Gasteiger charge is 2.31. The lowest BCUT2D eigenvalue weighted by atomic mass is 9.95. The molecule has 0 bridgehead atoms. The van der Waals surface area contributed by atoms with Gasteiger partial charge in [0.1, 0.15) is 45.8 Å². The highest BCUT2D eigenvalue weighted by atomic mass is 16.5. The van der Waals surface area contributed by atoms with Crippen molar-refractivity contribution in [3.8, 4) is 68.8 Å². The number of hydrogen-bond donors (Lipinski definition) is 6. The molecule has 13 nitrogen and oxygen atoms in total. The maximum atomic E-state index is 12.6. The van der Waals surface area contributed by atoms with Gasteiger partial charge in [-0.1, -0.05) is 12.1 Å². The van der Waals surface area contributed by atoms with Crippen LogP contribution in [0, 0.1) is 0 Å². The number of benzene rings is 4. The highest BCUT2D eigenvalue weighted by molar-refractivity contribution is 6.02. The van der Waals surface area contributed by atoms with Crippen molar-refractivity contribution in [2.24, 2.45) is 0 Å². The molecule has 6 N–H and O–H groups in total. The number of aromatic hydroxyl groups is 6. The fourth-order valence-electron chi connectivity index (χ4n) is 4.97. The molecule has 13 heteroatoms. The summed E-state index contributed by atoms with van der Waals surface area (Å²) in [5, 5.41) is 58.4. The van der Waals surface area contributed by atoms with Gasteiger partial charge >= 0.3 is 0 Å². The largest absolute Gasteiger partial charge is 0.508 e. The van der Waals surface area contributed by atoms with E-state index in [2.05, 4.69) is 0 Å². The van der Waals surface area contributed by atoms with Crippen LogP contribution in [-0.4, -0.2) is 57.8 Å². The first kappa shape index (κ1) is 31.2. The summed E-state index contributed by atoms with van der Waals surface area (Å²) in [6.07, 6.45) is -0.410. The number of ketones is 1. The molecular weight excluding hydrogens is 604 g/mol. The van der Waals surface area contributed by atoms with Crippen LogP contribution in [0.15, 0.2) is 69.9 Å². The molecule has 0 aliphatic carbocycles.